The summed E-state index contributed by atoms with van der Waals surface area (Å²) in [4.78, 5) is 0. The van der Waals surface area contributed by atoms with Crippen molar-refractivity contribution >= 4 is 56.1 Å². The molecular formula is C33H36F6N2O4P2S2. The Balaban J connectivity index is 2.11. The number of halogens is 6. The normalized spacial score (nSPS) is 18.6. The van der Waals surface area contributed by atoms with Crippen LogP contribution < -0.4 is 21.2 Å². The minimum atomic E-state index is -7.20. The topological polar surface area (TPSA) is 74.8 Å². The summed E-state index contributed by atoms with van der Waals surface area (Å²) in [6, 6.07) is 34.4. The molecule has 0 unspecified atom stereocenters. The Labute approximate surface area is 283 Å². The van der Waals surface area contributed by atoms with Gasteiger partial charge in [0.1, 0.15) is 0 Å². The van der Waals surface area contributed by atoms with E-state index in [0.29, 0.717) is 21.2 Å². The quantitative estimate of drug-likeness (QED) is 0.137. The van der Waals surface area contributed by atoms with Gasteiger partial charge in [-0.3, -0.25) is 0 Å². The van der Waals surface area contributed by atoms with Gasteiger partial charge in [-0.15, -0.1) is 0 Å². The van der Waals surface area contributed by atoms with E-state index in [2.05, 4.69) is 0 Å². The molecule has 0 atom stereocenters. The molecular weight excluding hydrogens is 728 g/mol. The van der Waals surface area contributed by atoms with Gasteiger partial charge in [-0.2, -0.15) is 0 Å². The third-order valence-corrected chi connectivity index (χ3v) is 25.7. The summed E-state index contributed by atoms with van der Waals surface area (Å²) in [5.41, 5.74) is -15.7. The van der Waals surface area contributed by atoms with Crippen molar-refractivity contribution in [3.05, 3.63) is 121 Å². The summed E-state index contributed by atoms with van der Waals surface area (Å²) < 4.78 is 143. The third kappa shape index (κ3) is 5.82. The fourth-order valence-electron chi connectivity index (χ4n) is 7.58. The van der Waals surface area contributed by atoms with Gasteiger partial charge in [-0.1, -0.05) is 0 Å². The van der Waals surface area contributed by atoms with Crippen LogP contribution in [0.2, 0.25) is 0 Å². The van der Waals surface area contributed by atoms with Crippen LogP contribution in [0, 0.1) is 0 Å². The number of rotatable bonds is 10. The first-order valence-corrected chi connectivity index (χ1v) is 22.6. The van der Waals surface area contributed by atoms with Crippen LogP contribution >= 0.6 is 14.8 Å². The number of alkyl halides is 6. The monoisotopic (exact) mass is 764 g/mol. The maximum absolute atomic E-state index is 14.7. The molecule has 0 spiro atoms. The standard InChI is InChI=1S/C33H36F6N2O4P2S2/c1-3-31(4-2,41(48(42,43)32(34,35)36)49(44,45)33(37,38)39)40-46(27-17-9-5-10-18-27,28-19-11-6-12-20-28)25-26-47(40,29-21-13-7-14-22-29)30-23-15-8-16-24-30/h5-24,46-47H,3-4,25-26H2,1-2H3. The number of hydrogen-bond acceptors (Lipinski definition) is 5. The average molecular weight is 765 g/mol. The van der Waals surface area contributed by atoms with Gasteiger partial charge in [0.2, 0.25) is 0 Å². The molecule has 6 nitrogen and oxygen atoms in total. The Morgan fingerprint density at radius 2 is 0.776 bits per heavy atom. The van der Waals surface area contributed by atoms with Gasteiger partial charge in [0.05, 0.1) is 0 Å². The van der Waals surface area contributed by atoms with Crippen molar-refractivity contribution in [3.63, 3.8) is 0 Å². The Hall–Kier alpha value is -2.86. The molecule has 4 aromatic rings. The van der Waals surface area contributed by atoms with Crippen molar-refractivity contribution in [2.75, 3.05) is 12.3 Å². The molecule has 0 bridgehead atoms. The summed E-state index contributed by atoms with van der Waals surface area (Å²) in [5.74, 6) is 0. The predicted molar refractivity (Wildman–Crippen MR) is 188 cm³/mol. The van der Waals surface area contributed by atoms with Gasteiger partial charge in [0, 0.05) is 0 Å². The zero-order valence-electron chi connectivity index (χ0n) is 26.5. The first-order chi connectivity index (χ1) is 23.0. The third-order valence-electron chi connectivity index (χ3n) is 9.53. The Kier molecular flexibility index (Phi) is 10.2. The molecule has 16 heteroatoms. The first kappa shape index (κ1) is 37.4. The SMILES string of the molecule is CCC(CC)(N1[PH](c2ccccc2)(c2ccccc2)CC[PH]1(c1ccccc1)c1ccccc1)N(S(=O)(=O)C(F)(F)F)S(=O)(=O)C(F)(F)F. The summed E-state index contributed by atoms with van der Waals surface area (Å²) >= 11 is 0. The van der Waals surface area contributed by atoms with Crippen LogP contribution in [0.25, 0.3) is 0 Å². The molecule has 0 saturated carbocycles. The number of benzene rings is 4. The van der Waals surface area contributed by atoms with Crippen LogP contribution in [-0.2, 0) is 20.0 Å². The van der Waals surface area contributed by atoms with Crippen LogP contribution in [0.5, 0.6) is 0 Å². The molecule has 0 radical (unpaired) electrons. The zero-order chi connectivity index (χ0) is 35.9. The molecule has 0 N–H and O–H groups in total. The van der Waals surface area contributed by atoms with Gasteiger partial charge in [-0.05, 0) is 0 Å². The van der Waals surface area contributed by atoms with Crippen molar-refractivity contribution in [2.45, 2.75) is 43.4 Å². The molecule has 49 heavy (non-hydrogen) atoms. The van der Waals surface area contributed by atoms with Crippen LogP contribution in [0.1, 0.15) is 26.7 Å². The zero-order valence-corrected chi connectivity index (χ0v) is 30.1. The van der Waals surface area contributed by atoms with E-state index in [1.807, 2.05) is 0 Å². The van der Waals surface area contributed by atoms with Crippen molar-refractivity contribution in [2.24, 2.45) is 0 Å². The second-order valence-electron chi connectivity index (χ2n) is 11.8. The molecule has 0 aliphatic carbocycles. The summed E-state index contributed by atoms with van der Waals surface area (Å²) in [7, 11) is -22.3. The maximum atomic E-state index is 14.7. The van der Waals surface area contributed by atoms with Crippen LogP contribution in [0.4, 0.5) is 26.3 Å². The molecule has 266 valence electrons. The van der Waals surface area contributed by atoms with Crippen LogP contribution in [-0.4, -0.2) is 54.0 Å². The van der Waals surface area contributed by atoms with E-state index in [1.165, 1.54) is 13.8 Å². The molecule has 1 heterocycles. The molecule has 0 amide bonds. The minimum absolute atomic E-state index is 0.241. The van der Waals surface area contributed by atoms with Crippen molar-refractivity contribution in [3.8, 4) is 0 Å². The van der Waals surface area contributed by atoms with Crippen LogP contribution in [0.3, 0.4) is 0 Å². The fourth-order valence-corrected chi connectivity index (χ4v) is 27.6. The average Bonchev–Trinajstić information content (AvgIpc) is 3.46. The summed E-state index contributed by atoms with van der Waals surface area (Å²) in [5, 5.41) is 2.34. The van der Waals surface area contributed by atoms with E-state index in [0.717, 1.165) is 0 Å². The van der Waals surface area contributed by atoms with Gasteiger partial charge >= 0.3 is 284 Å². The first-order valence-electron chi connectivity index (χ1n) is 15.4. The van der Waals surface area contributed by atoms with Gasteiger partial charge < -0.3 is 0 Å². The Morgan fingerprint density at radius 3 is 0.980 bits per heavy atom. The molecule has 0 aromatic heterocycles. The van der Waals surface area contributed by atoms with Gasteiger partial charge in [0.25, 0.3) is 0 Å². The summed E-state index contributed by atoms with van der Waals surface area (Å²) in [6.45, 7) is 2.49. The Morgan fingerprint density at radius 1 is 0.531 bits per heavy atom. The predicted octanol–water partition coefficient (Wildman–Crippen LogP) is 6.45. The molecule has 1 aliphatic rings. The van der Waals surface area contributed by atoms with Gasteiger partial charge in [-0.25, -0.2) is 0 Å². The second kappa shape index (κ2) is 13.4. The van der Waals surface area contributed by atoms with Crippen LogP contribution in [0.15, 0.2) is 121 Å². The molecule has 1 aliphatic heterocycles. The molecule has 1 saturated heterocycles. The van der Waals surface area contributed by atoms with E-state index in [1.54, 1.807) is 126 Å². The molecule has 1 fully saturated rings. The van der Waals surface area contributed by atoms with E-state index in [4.69, 9.17) is 0 Å². The number of nitrogens with zero attached hydrogens (tertiary/aromatic N) is 2. The van der Waals surface area contributed by atoms with E-state index < -0.39 is 68.1 Å². The summed E-state index contributed by atoms with van der Waals surface area (Å²) in [6.07, 6.45) is -0.969. The van der Waals surface area contributed by atoms with E-state index in [9.17, 15) is 43.2 Å². The van der Waals surface area contributed by atoms with Gasteiger partial charge in [0.15, 0.2) is 0 Å². The molecule has 4 aromatic carbocycles. The van der Waals surface area contributed by atoms with E-state index >= 15 is 0 Å². The second-order valence-corrected chi connectivity index (χ2v) is 23.7. The Bertz CT molecular complexity index is 1750. The van der Waals surface area contributed by atoms with E-state index in [-0.39, 0.29) is 12.3 Å². The van der Waals surface area contributed by atoms with Crippen molar-refractivity contribution < 1.29 is 43.2 Å². The molecule has 5 rings (SSSR count). The number of sulfonamides is 2. The number of hydrogen-bond donors (Lipinski definition) is 0. The van der Waals surface area contributed by atoms with Crippen molar-refractivity contribution in [1.29, 1.82) is 0 Å². The van der Waals surface area contributed by atoms with Crippen molar-refractivity contribution in [1.82, 2.24) is 8.15 Å². The fraction of sp³-hybridized carbons (Fsp3) is 0.273.